The Bertz CT molecular complexity index is 355. The fourth-order valence-corrected chi connectivity index (χ4v) is 3.63. The van der Waals surface area contributed by atoms with Gasteiger partial charge in [-0.25, -0.2) is 0 Å². The maximum absolute atomic E-state index is 12.0. The Kier molecular flexibility index (Phi) is 7.51. The maximum Gasteiger partial charge on any atom is 0.0581 e. The summed E-state index contributed by atoms with van der Waals surface area (Å²) in [6, 6.07) is 7.80. The lowest BCUT2D eigenvalue weighted by Gasteiger charge is -2.08. The van der Waals surface area contributed by atoms with E-state index in [0.29, 0.717) is 19.0 Å². The molecule has 0 saturated carbocycles. The Hall–Kier alpha value is -0.360. The van der Waals surface area contributed by atoms with E-state index in [1.807, 2.05) is 24.3 Å². The third kappa shape index (κ3) is 5.21. The van der Waals surface area contributed by atoms with Crippen LogP contribution in [0.4, 0.5) is 0 Å². The predicted octanol–water partition coefficient (Wildman–Crippen LogP) is 2.18. The number of hydrogen-bond donors (Lipinski definition) is 0. The molecule has 96 valence electrons. The number of ether oxygens (including phenoxy) is 2. The molecule has 17 heavy (non-hydrogen) atoms. The summed E-state index contributed by atoms with van der Waals surface area (Å²) < 4.78 is 22.0. The minimum Gasteiger partial charge on any atom is -0.384 e. The van der Waals surface area contributed by atoms with Crippen LogP contribution in [-0.2, 0) is 20.3 Å². The largest absolute Gasteiger partial charge is 0.384 e. The van der Waals surface area contributed by atoms with Gasteiger partial charge < -0.3 is 9.47 Å². The number of hydrogen-bond acceptors (Lipinski definition) is 4. The molecule has 0 spiro atoms. The summed E-state index contributed by atoms with van der Waals surface area (Å²) in [5.41, 5.74) is 0. The van der Waals surface area contributed by atoms with E-state index < -0.39 is 10.8 Å². The normalized spacial score (nSPS) is 12.6. The van der Waals surface area contributed by atoms with E-state index in [1.54, 1.807) is 26.0 Å². The van der Waals surface area contributed by atoms with E-state index in [0.717, 1.165) is 15.5 Å². The Morgan fingerprint density at radius 3 is 2.59 bits per heavy atom. The molecule has 0 unspecified atom stereocenters. The summed E-state index contributed by atoms with van der Waals surface area (Å²) in [5, 5.41) is 0. The number of thioether (sulfide) groups is 1. The highest BCUT2D eigenvalue weighted by atomic mass is 32.2. The van der Waals surface area contributed by atoms with Crippen molar-refractivity contribution >= 4 is 22.6 Å². The molecular formula is C12H18O3S2. The molecule has 0 N–H and O–H groups in total. The molecule has 1 rings (SSSR count). The van der Waals surface area contributed by atoms with Crippen LogP contribution in [0.3, 0.4) is 0 Å². The third-order valence-electron chi connectivity index (χ3n) is 2.11. The van der Waals surface area contributed by atoms with E-state index in [-0.39, 0.29) is 0 Å². The third-order valence-corrected chi connectivity index (χ3v) is 4.66. The Morgan fingerprint density at radius 2 is 1.88 bits per heavy atom. The first-order chi connectivity index (χ1) is 8.29. The highest BCUT2D eigenvalue weighted by Crippen LogP contribution is 2.25. The molecule has 1 aromatic carbocycles. The molecule has 3 nitrogen and oxygen atoms in total. The van der Waals surface area contributed by atoms with Crippen molar-refractivity contribution in [3.05, 3.63) is 24.3 Å². The van der Waals surface area contributed by atoms with Gasteiger partial charge in [0.1, 0.15) is 0 Å². The Labute approximate surface area is 109 Å². The van der Waals surface area contributed by atoms with Gasteiger partial charge in [0.15, 0.2) is 0 Å². The van der Waals surface area contributed by atoms with Crippen LogP contribution < -0.4 is 0 Å². The monoisotopic (exact) mass is 274 g/mol. The maximum atomic E-state index is 12.0. The van der Waals surface area contributed by atoms with E-state index in [2.05, 4.69) is 0 Å². The minimum absolute atomic E-state index is 0.518. The smallest absolute Gasteiger partial charge is 0.0581 e. The van der Waals surface area contributed by atoms with Crippen molar-refractivity contribution in [3.8, 4) is 0 Å². The first-order valence-electron chi connectivity index (χ1n) is 5.37. The quantitative estimate of drug-likeness (QED) is 0.538. The first-order valence-corrected chi connectivity index (χ1v) is 7.68. The van der Waals surface area contributed by atoms with Crippen LogP contribution >= 0.6 is 11.8 Å². The van der Waals surface area contributed by atoms with Crippen molar-refractivity contribution < 1.29 is 13.7 Å². The number of methoxy groups -OCH3 is 2. The minimum atomic E-state index is -0.987. The lowest BCUT2D eigenvalue weighted by Crippen LogP contribution is -2.05. The lowest BCUT2D eigenvalue weighted by atomic mass is 10.4. The van der Waals surface area contributed by atoms with E-state index in [1.165, 1.54) is 0 Å². The van der Waals surface area contributed by atoms with Gasteiger partial charge in [0.25, 0.3) is 0 Å². The molecule has 0 bridgehead atoms. The van der Waals surface area contributed by atoms with Gasteiger partial charge in [0.05, 0.1) is 34.7 Å². The second-order valence-electron chi connectivity index (χ2n) is 3.33. The van der Waals surface area contributed by atoms with E-state index in [9.17, 15) is 4.21 Å². The molecule has 0 saturated heterocycles. The highest BCUT2D eigenvalue weighted by Gasteiger charge is 2.09. The summed E-state index contributed by atoms with van der Waals surface area (Å²) in [4.78, 5) is 1.96. The number of rotatable bonds is 8. The molecule has 0 amide bonds. The second-order valence-corrected chi connectivity index (χ2v) is 6.01. The van der Waals surface area contributed by atoms with Crippen molar-refractivity contribution in [2.45, 2.75) is 9.79 Å². The molecule has 0 radical (unpaired) electrons. The van der Waals surface area contributed by atoms with Crippen LogP contribution in [-0.4, -0.2) is 43.1 Å². The van der Waals surface area contributed by atoms with Crippen LogP contribution in [0.5, 0.6) is 0 Å². The first kappa shape index (κ1) is 14.7. The Balaban J connectivity index is 2.66. The van der Waals surface area contributed by atoms with E-state index >= 15 is 0 Å². The second kappa shape index (κ2) is 8.69. The van der Waals surface area contributed by atoms with Crippen LogP contribution in [0.15, 0.2) is 34.1 Å². The van der Waals surface area contributed by atoms with Crippen LogP contribution in [0, 0.1) is 0 Å². The Morgan fingerprint density at radius 1 is 1.18 bits per heavy atom. The van der Waals surface area contributed by atoms with Gasteiger partial charge in [-0.15, -0.1) is 11.8 Å². The van der Waals surface area contributed by atoms with Gasteiger partial charge in [0, 0.05) is 24.9 Å². The lowest BCUT2D eigenvalue weighted by molar-refractivity contribution is 0.218. The van der Waals surface area contributed by atoms with Gasteiger partial charge in [-0.2, -0.15) is 0 Å². The van der Waals surface area contributed by atoms with Gasteiger partial charge in [-0.05, 0) is 12.1 Å². The standard InChI is InChI=1S/C12H18O3S2/c1-14-7-9-16-11-5-3-4-6-12(11)17(13)10-8-15-2/h3-6H,7-10H2,1-2H3/t17-/m0/s1. The van der Waals surface area contributed by atoms with Crippen molar-refractivity contribution in [2.24, 2.45) is 0 Å². The number of benzene rings is 1. The summed E-state index contributed by atoms with van der Waals surface area (Å²) in [6.45, 7) is 1.22. The van der Waals surface area contributed by atoms with Crippen LogP contribution in [0.1, 0.15) is 0 Å². The fourth-order valence-electron chi connectivity index (χ4n) is 1.26. The van der Waals surface area contributed by atoms with Gasteiger partial charge >= 0.3 is 0 Å². The zero-order chi connectivity index (χ0) is 12.5. The molecule has 0 aromatic heterocycles. The van der Waals surface area contributed by atoms with E-state index in [4.69, 9.17) is 9.47 Å². The van der Waals surface area contributed by atoms with Gasteiger partial charge in [-0.3, -0.25) is 4.21 Å². The van der Waals surface area contributed by atoms with Gasteiger partial charge in [-0.1, -0.05) is 12.1 Å². The summed E-state index contributed by atoms with van der Waals surface area (Å²) >= 11 is 1.67. The SMILES string of the molecule is COCCSc1ccccc1[S@@](=O)CCOC. The highest BCUT2D eigenvalue weighted by molar-refractivity contribution is 7.99. The van der Waals surface area contributed by atoms with Gasteiger partial charge in [0.2, 0.25) is 0 Å². The molecule has 1 atom stereocenters. The molecule has 0 aliphatic carbocycles. The molecule has 5 heteroatoms. The molecule has 1 aromatic rings. The molecule has 0 aliphatic rings. The van der Waals surface area contributed by atoms with Crippen LogP contribution in [0.2, 0.25) is 0 Å². The predicted molar refractivity (Wildman–Crippen MR) is 72.2 cm³/mol. The summed E-state index contributed by atoms with van der Waals surface area (Å²) in [5.74, 6) is 1.41. The van der Waals surface area contributed by atoms with Crippen LogP contribution in [0.25, 0.3) is 0 Å². The molecule has 0 heterocycles. The molecule has 0 aliphatic heterocycles. The van der Waals surface area contributed by atoms with Crippen molar-refractivity contribution in [1.29, 1.82) is 0 Å². The molecule has 0 fully saturated rings. The zero-order valence-corrected chi connectivity index (χ0v) is 11.8. The van der Waals surface area contributed by atoms with Crippen molar-refractivity contribution in [1.82, 2.24) is 0 Å². The molecular weight excluding hydrogens is 256 g/mol. The van der Waals surface area contributed by atoms with Crippen molar-refractivity contribution in [3.63, 3.8) is 0 Å². The fraction of sp³-hybridized carbons (Fsp3) is 0.500. The summed E-state index contributed by atoms with van der Waals surface area (Å²) in [6.07, 6.45) is 0. The average molecular weight is 274 g/mol. The topological polar surface area (TPSA) is 35.5 Å². The average Bonchev–Trinajstić information content (AvgIpc) is 2.37. The van der Waals surface area contributed by atoms with Crippen molar-refractivity contribution in [2.75, 3.05) is 38.9 Å². The zero-order valence-electron chi connectivity index (χ0n) is 10.2. The summed E-state index contributed by atoms with van der Waals surface area (Å²) in [7, 11) is 2.32.